The van der Waals surface area contributed by atoms with Crippen molar-refractivity contribution >= 4 is 21.8 Å². The number of hydrogen-bond acceptors (Lipinski definition) is 3. The molecule has 0 aliphatic heterocycles. The fraction of sp³-hybridized carbons (Fsp3) is 0.533. The van der Waals surface area contributed by atoms with Crippen molar-refractivity contribution in [2.75, 3.05) is 27.2 Å². The zero-order valence-corrected chi connectivity index (χ0v) is 14.2. The molecule has 1 aromatic carbocycles. The third kappa shape index (κ3) is 5.13. The minimum absolute atomic E-state index is 0.0768. The monoisotopic (exact) mass is 342 g/mol. The summed E-state index contributed by atoms with van der Waals surface area (Å²) < 4.78 is 6.87. The number of benzene rings is 1. The van der Waals surface area contributed by atoms with Crippen LogP contribution in [-0.4, -0.2) is 38.1 Å². The molecule has 1 amide bonds. The summed E-state index contributed by atoms with van der Waals surface area (Å²) in [5.41, 5.74) is 2.18. The fourth-order valence-corrected chi connectivity index (χ4v) is 2.48. The Labute approximate surface area is 129 Å². The van der Waals surface area contributed by atoms with E-state index in [1.165, 1.54) is 0 Å². The molecular weight excluding hydrogens is 320 g/mol. The van der Waals surface area contributed by atoms with Gasteiger partial charge in [-0.1, -0.05) is 22.9 Å². The van der Waals surface area contributed by atoms with Crippen LogP contribution in [-0.2, 0) is 11.3 Å². The third-order valence-corrected chi connectivity index (χ3v) is 3.40. The lowest BCUT2D eigenvalue weighted by Crippen LogP contribution is -2.23. The van der Waals surface area contributed by atoms with E-state index < -0.39 is 0 Å². The van der Waals surface area contributed by atoms with Gasteiger partial charge in [0.25, 0.3) is 0 Å². The fourth-order valence-electron chi connectivity index (χ4n) is 1.86. The number of carbonyl (C=O) groups is 1. The predicted octanol–water partition coefficient (Wildman–Crippen LogP) is 2.72. The molecule has 1 rings (SSSR count). The lowest BCUT2D eigenvalue weighted by Gasteiger charge is -2.16. The Morgan fingerprint density at radius 3 is 2.70 bits per heavy atom. The quantitative estimate of drug-likeness (QED) is 0.828. The van der Waals surface area contributed by atoms with Crippen LogP contribution in [0.5, 0.6) is 5.75 Å². The predicted molar refractivity (Wildman–Crippen MR) is 85.1 cm³/mol. The number of rotatable bonds is 7. The summed E-state index contributed by atoms with van der Waals surface area (Å²) in [5.74, 6) is 0.953. The van der Waals surface area contributed by atoms with E-state index in [1.54, 1.807) is 19.0 Å². The molecule has 0 atom stereocenters. The first-order chi connectivity index (χ1) is 9.45. The molecule has 20 heavy (non-hydrogen) atoms. The Kier molecular flexibility index (Phi) is 7.02. The van der Waals surface area contributed by atoms with Gasteiger partial charge in [-0.2, -0.15) is 0 Å². The van der Waals surface area contributed by atoms with Gasteiger partial charge in [0.2, 0.25) is 5.91 Å². The molecule has 0 aromatic heterocycles. The molecule has 0 aliphatic carbocycles. The number of hydrogen-bond donors (Lipinski definition) is 1. The number of nitrogens with zero attached hydrogens (tertiary/aromatic N) is 1. The summed E-state index contributed by atoms with van der Waals surface area (Å²) >= 11 is 3.51. The molecule has 0 saturated carbocycles. The SMILES string of the molecule is CCNCc1cc(Br)cc(C)c1OCCC(=O)N(C)C. The van der Waals surface area contributed by atoms with E-state index in [0.717, 1.165) is 34.4 Å². The molecule has 0 saturated heterocycles. The number of aryl methyl sites for hydroxylation is 1. The van der Waals surface area contributed by atoms with Crippen LogP contribution in [0.2, 0.25) is 0 Å². The van der Waals surface area contributed by atoms with Crippen molar-refractivity contribution in [3.05, 3.63) is 27.7 Å². The van der Waals surface area contributed by atoms with Gasteiger partial charge in [-0.15, -0.1) is 0 Å². The smallest absolute Gasteiger partial charge is 0.225 e. The second-order valence-corrected chi connectivity index (χ2v) is 5.79. The maximum Gasteiger partial charge on any atom is 0.225 e. The second kappa shape index (κ2) is 8.27. The van der Waals surface area contributed by atoms with E-state index in [0.29, 0.717) is 13.0 Å². The van der Waals surface area contributed by atoms with Crippen molar-refractivity contribution in [3.8, 4) is 5.75 Å². The van der Waals surface area contributed by atoms with E-state index >= 15 is 0 Å². The first-order valence-electron chi connectivity index (χ1n) is 6.78. The highest BCUT2D eigenvalue weighted by molar-refractivity contribution is 9.10. The summed E-state index contributed by atoms with van der Waals surface area (Å²) in [6.45, 7) is 6.15. The van der Waals surface area contributed by atoms with Crippen molar-refractivity contribution in [1.82, 2.24) is 10.2 Å². The van der Waals surface area contributed by atoms with Crippen LogP contribution in [0.3, 0.4) is 0 Å². The van der Waals surface area contributed by atoms with Crippen molar-refractivity contribution in [3.63, 3.8) is 0 Å². The highest BCUT2D eigenvalue weighted by atomic mass is 79.9. The molecule has 1 N–H and O–H groups in total. The Bertz CT molecular complexity index is 461. The largest absolute Gasteiger partial charge is 0.492 e. The van der Waals surface area contributed by atoms with E-state index in [4.69, 9.17) is 4.74 Å². The number of ether oxygens (including phenoxy) is 1. The number of nitrogens with one attached hydrogen (secondary N) is 1. The minimum Gasteiger partial charge on any atom is -0.492 e. The molecular formula is C15H23BrN2O2. The first-order valence-corrected chi connectivity index (χ1v) is 7.57. The Balaban J connectivity index is 2.74. The van der Waals surface area contributed by atoms with Crippen LogP contribution >= 0.6 is 15.9 Å². The molecule has 112 valence electrons. The average Bonchev–Trinajstić information content (AvgIpc) is 2.38. The topological polar surface area (TPSA) is 41.6 Å². The highest BCUT2D eigenvalue weighted by Gasteiger charge is 2.10. The molecule has 0 spiro atoms. The summed E-state index contributed by atoms with van der Waals surface area (Å²) in [6, 6.07) is 4.08. The van der Waals surface area contributed by atoms with Gasteiger partial charge in [-0.3, -0.25) is 4.79 Å². The first kappa shape index (κ1) is 17.0. The lowest BCUT2D eigenvalue weighted by molar-refractivity contribution is -0.129. The van der Waals surface area contributed by atoms with Gasteiger partial charge in [0.15, 0.2) is 0 Å². The third-order valence-electron chi connectivity index (χ3n) is 2.94. The zero-order chi connectivity index (χ0) is 15.1. The molecule has 5 heteroatoms. The zero-order valence-electron chi connectivity index (χ0n) is 12.6. The molecule has 0 radical (unpaired) electrons. The molecule has 0 bridgehead atoms. The summed E-state index contributed by atoms with van der Waals surface area (Å²) in [4.78, 5) is 13.1. The molecule has 0 fully saturated rings. The van der Waals surface area contributed by atoms with Crippen LogP contribution in [0, 0.1) is 6.92 Å². The van der Waals surface area contributed by atoms with Crippen LogP contribution < -0.4 is 10.1 Å². The Hall–Kier alpha value is -1.07. The van der Waals surface area contributed by atoms with Gasteiger partial charge < -0.3 is 15.0 Å². The van der Waals surface area contributed by atoms with Crippen molar-refractivity contribution in [2.45, 2.75) is 26.8 Å². The van der Waals surface area contributed by atoms with Gasteiger partial charge in [0.05, 0.1) is 13.0 Å². The van der Waals surface area contributed by atoms with Gasteiger partial charge in [-0.05, 0) is 31.2 Å². The van der Waals surface area contributed by atoms with Crippen LogP contribution in [0.1, 0.15) is 24.5 Å². The van der Waals surface area contributed by atoms with Crippen LogP contribution in [0.4, 0.5) is 0 Å². The lowest BCUT2D eigenvalue weighted by atomic mass is 10.1. The van der Waals surface area contributed by atoms with Crippen molar-refractivity contribution in [2.24, 2.45) is 0 Å². The van der Waals surface area contributed by atoms with E-state index in [9.17, 15) is 4.79 Å². The van der Waals surface area contributed by atoms with Crippen molar-refractivity contribution < 1.29 is 9.53 Å². The maximum atomic E-state index is 11.6. The maximum absolute atomic E-state index is 11.6. The van der Waals surface area contributed by atoms with E-state index in [1.807, 2.05) is 13.0 Å². The molecule has 4 nitrogen and oxygen atoms in total. The molecule has 1 aromatic rings. The van der Waals surface area contributed by atoms with Gasteiger partial charge in [0, 0.05) is 30.7 Å². The van der Waals surface area contributed by atoms with E-state index in [2.05, 4.69) is 34.2 Å². The van der Waals surface area contributed by atoms with Crippen LogP contribution in [0.25, 0.3) is 0 Å². The summed E-state index contributed by atoms with van der Waals surface area (Å²) in [5, 5.41) is 3.30. The van der Waals surface area contributed by atoms with Gasteiger partial charge in [-0.25, -0.2) is 0 Å². The Morgan fingerprint density at radius 1 is 1.40 bits per heavy atom. The molecule has 0 heterocycles. The highest BCUT2D eigenvalue weighted by Crippen LogP contribution is 2.28. The van der Waals surface area contributed by atoms with Gasteiger partial charge in [0.1, 0.15) is 5.75 Å². The minimum atomic E-state index is 0.0768. The number of amides is 1. The number of halogens is 1. The second-order valence-electron chi connectivity index (χ2n) is 4.88. The number of carbonyl (C=O) groups excluding carboxylic acids is 1. The van der Waals surface area contributed by atoms with Gasteiger partial charge >= 0.3 is 0 Å². The normalized spacial score (nSPS) is 10.4. The summed E-state index contributed by atoms with van der Waals surface area (Å²) in [7, 11) is 3.51. The Morgan fingerprint density at radius 2 is 2.10 bits per heavy atom. The van der Waals surface area contributed by atoms with Crippen molar-refractivity contribution in [1.29, 1.82) is 0 Å². The average molecular weight is 343 g/mol. The summed E-state index contributed by atoms with van der Waals surface area (Å²) in [6.07, 6.45) is 0.392. The molecule has 0 unspecified atom stereocenters. The standard InChI is InChI=1S/C15H23BrN2O2/c1-5-17-10-12-9-13(16)8-11(2)15(12)20-7-6-14(19)18(3)4/h8-9,17H,5-7,10H2,1-4H3. The molecule has 0 aliphatic rings. The van der Waals surface area contributed by atoms with Crippen LogP contribution in [0.15, 0.2) is 16.6 Å². The van der Waals surface area contributed by atoms with E-state index in [-0.39, 0.29) is 5.91 Å².